The number of anilines is 1. The van der Waals surface area contributed by atoms with Gasteiger partial charge in [-0.2, -0.15) is 0 Å². The second-order valence-corrected chi connectivity index (χ2v) is 10.0. The number of hydrogen-bond donors (Lipinski definition) is 4. The topological polar surface area (TPSA) is 125 Å². The van der Waals surface area contributed by atoms with E-state index in [1.54, 1.807) is 12.1 Å². The Morgan fingerprint density at radius 1 is 1.15 bits per heavy atom. The van der Waals surface area contributed by atoms with Gasteiger partial charge in [0.25, 0.3) is 0 Å². The standard InChI is InChI=1S/C28H31ClF2N6O4/c1-17(38)37(34-15-19-3-2-4-24(31)27(19)29)23(13-26(39)35-22-7-9-32-10-8-22)16-41-28(40)36-25-12-20-11-21(30)6-5-18(20)14-33-25/h2-6,11-12,14,22-23,32,34H,7-10,13,15-16H2,1H3,(H,35,39)(H,33,36,40)/t23-/m0/s1. The van der Waals surface area contributed by atoms with Gasteiger partial charge in [-0.25, -0.2) is 24.0 Å². The van der Waals surface area contributed by atoms with E-state index in [0.29, 0.717) is 16.3 Å². The molecule has 1 saturated heterocycles. The number of nitrogens with zero attached hydrogens (tertiary/aromatic N) is 2. The van der Waals surface area contributed by atoms with Crippen LogP contribution in [0.1, 0.15) is 31.7 Å². The Morgan fingerprint density at radius 2 is 1.93 bits per heavy atom. The van der Waals surface area contributed by atoms with Crippen LogP contribution in [0.5, 0.6) is 0 Å². The van der Waals surface area contributed by atoms with Crippen LogP contribution in [0.15, 0.2) is 48.7 Å². The van der Waals surface area contributed by atoms with Gasteiger partial charge < -0.3 is 15.4 Å². The molecule has 0 radical (unpaired) electrons. The van der Waals surface area contributed by atoms with Crippen molar-refractivity contribution in [3.63, 3.8) is 0 Å². The predicted molar refractivity (Wildman–Crippen MR) is 150 cm³/mol. The molecule has 0 unspecified atom stereocenters. The second kappa shape index (κ2) is 14.2. The first-order chi connectivity index (χ1) is 19.7. The molecule has 0 spiro atoms. The summed E-state index contributed by atoms with van der Waals surface area (Å²) in [7, 11) is 0. The molecular weight excluding hydrogens is 558 g/mol. The van der Waals surface area contributed by atoms with Crippen molar-refractivity contribution >= 4 is 46.1 Å². The first kappa shape index (κ1) is 30.1. The highest BCUT2D eigenvalue weighted by molar-refractivity contribution is 6.31. The minimum absolute atomic E-state index is 0.0118. The lowest BCUT2D eigenvalue weighted by Crippen LogP contribution is -2.53. The number of rotatable bonds is 10. The molecule has 13 heteroatoms. The highest BCUT2D eigenvalue weighted by Gasteiger charge is 2.27. The Bertz CT molecular complexity index is 1410. The summed E-state index contributed by atoms with van der Waals surface area (Å²) in [6.45, 7) is 2.48. The number of hydrogen-bond acceptors (Lipinski definition) is 7. The van der Waals surface area contributed by atoms with Crippen LogP contribution in [-0.4, -0.2) is 59.7 Å². The van der Waals surface area contributed by atoms with Crippen molar-refractivity contribution in [2.45, 2.75) is 44.8 Å². The van der Waals surface area contributed by atoms with Gasteiger partial charge in [-0.05, 0) is 67.2 Å². The maximum atomic E-state index is 13.9. The van der Waals surface area contributed by atoms with E-state index in [0.717, 1.165) is 25.9 Å². The molecule has 0 aliphatic carbocycles. The van der Waals surface area contributed by atoms with E-state index in [2.05, 4.69) is 26.4 Å². The molecule has 1 fully saturated rings. The summed E-state index contributed by atoms with van der Waals surface area (Å²) in [5.74, 6) is -1.68. The van der Waals surface area contributed by atoms with E-state index < -0.39 is 29.7 Å². The summed E-state index contributed by atoms with van der Waals surface area (Å²) in [4.78, 5) is 42.4. The largest absolute Gasteiger partial charge is 0.447 e. The molecule has 3 aromatic rings. The monoisotopic (exact) mass is 588 g/mol. The molecule has 0 bridgehead atoms. The van der Waals surface area contributed by atoms with E-state index in [1.807, 2.05) is 0 Å². The molecule has 1 aromatic heterocycles. The maximum absolute atomic E-state index is 13.9. The number of carbonyl (C=O) groups excluding carboxylic acids is 3. The number of nitrogens with one attached hydrogen (secondary N) is 4. The molecule has 41 heavy (non-hydrogen) atoms. The van der Waals surface area contributed by atoms with Crippen molar-refractivity contribution in [3.05, 3.63) is 70.9 Å². The number of amides is 3. The number of benzene rings is 2. The Hall–Kier alpha value is -3.87. The van der Waals surface area contributed by atoms with Crippen LogP contribution in [0.25, 0.3) is 10.8 Å². The van der Waals surface area contributed by atoms with Gasteiger partial charge in [0, 0.05) is 31.1 Å². The van der Waals surface area contributed by atoms with E-state index >= 15 is 0 Å². The molecule has 2 heterocycles. The predicted octanol–water partition coefficient (Wildman–Crippen LogP) is 3.90. The normalized spacial score (nSPS) is 14.3. The van der Waals surface area contributed by atoms with Gasteiger partial charge in [-0.15, -0.1) is 0 Å². The van der Waals surface area contributed by atoms with Crippen molar-refractivity contribution in [3.8, 4) is 0 Å². The third-order valence-electron chi connectivity index (χ3n) is 6.62. The molecule has 4 N–H and O–H groups in total. The van der Waals surface area contributed by atoms with Gasteiger partial charge in [-0.3, -0.25) is 19.9 Å². The number of carbonyl (C=O) groups is 3. The molecule has 1 aliphatic heterocycles. The van der Waals surface area contributed by atoms with Crippen molar-refractivity contribution in [2.75, 3.05) is 25.0 Å². The minimum atomic E-state index is -0.911. The molecule has 3 amide bonds. The van der Waals surface area contributed by atoms with Crippen LogP contribution < -0.4 is 21.4 Å². The van der Waals surface area contributed by atoms with Crippen molar-refractivity contribution in [1.82, 2.24) is 26.1 Å². The zero-order valence-corrected chi connectivity index (χ0v) is 23.1. The third-order valence-corrected chi connectivity index (χ3v) is 7.05. The van der Waals surface area contributed by atoms with Crippen LogP contribution in [0.3, 0.4) is 0 Å². The second-order valence-electron chi connectivity index (χ2n) is 9.67. The first-order valence-corrected chi connectivity index (χ1v) is 13.5. The average molecular weight is 589 g/mol. The SMILES string of the molecule is CC(=O)N(NCc1cccc(F)c1Cl)[C@H](COC(=O)Nc1cc2cc(F)ccc2cn1)CC(=O)NC1CCNCC1. The fourth-order valence-corrected chi connectivity index (χ4v) is 4.73. The number of hydrazine groups is 1. The summed E-state index contributed by atoms with van der Waals surface area (Å²) in [6.07, 6.45) is 1.97. The number of halogens is 3. The first-order valence-electron chi connectivity index (χ1n) is 13.1. The Labute approximate surface area is 240 Å². The number of ether oxygens (including phenoxy) is 1. The fourth-order valence-electron chi connectivity index (χ4n) is 4.54. The van der Waals surface area contributed by atoms with Crippen LogP contribution in [0, 0.1) is 11.6 Å². The summed E-state index contributed by atoms with van der Waals surface area (Å²) in [5.41, 5.74) is 3.29. The number of pyridine rings is 1. The maximum Gasteiger partial charge on any atom is 0.412 e. The smallest absolute Gasteiger partial charge is 0.412 e. The third kappa shape index (κ3) is 8.56. The van der Waals surface area contributed by atoms with Crippen molar-refractivity contribution in [1.29, 1.82) is 0 Å². The highest BCUT2D eigenvalue weighted by atomic mass is 35.5. The van der Waals surface area contributed by atoms with Crippen molar-refractivity contribution < 1.29 is 27.9 Å². The lowest BCUT2D eigenvalue weighted by Gasteiger charge is -2.32. The summed E-state index contributed by atoms with van der Waals surface area (Å²) >= 11 is 6.06. The zero-order valence-electron chi connectivity index (χ0n) is 22.4. The quantitative estimate of drug-likeness (QED) is 0.265. The van der Waals surface area contributed by atoms with Gasteiger partial charge in [0.2, 0.25) is 11.8 Å². The van der Waals surface area contributed by atoms with Gasteiger partial charge >= 0.3 is 6.09 Å². The molecule has 0 saturated carbocycles. The summed E-state index contributed by atoms with van der Waals surface area (Å²) in [6, 6.07) is 9.07. The van der Waals surface area contributed by atoms with E-state index in [4.69, 9.17) is 16.3 Å². The van der Waals surface area contributed by atoms with Gasteiger partial charge in [0.15, 0.2) is 0 Å². The molecule has 218 valence electrons. The molecule has 10 nitrogen and oxygen atoms in total. The van der Waals surface area contributed by atoms with E-state index in [1.165, 1.54) is 48.5 Å². The Kier molecular flexibility index (Phi) is 10.4. The minimum Gasteiger partial charge on any atom is -0.447 e. The molecule has 1 aliphatic rings. The highest BCUT2D eigenvalue weighted by Crippen LogP contribution is 2.20. The summed E-state index contributed by atoms with van der Waals surface area (Å²) in [5, 5.41) is 11.0. The number of aromatic nitrogens is 1. The lowest BCUT2D eigenvalue weighted by atomic mass is 10.1. The lowest BCUT2D eigenvalue weighted by molar-refractivity contribution is -0.138. The number of fused-ring (bicyclic) bond motifs is 1. The fraction of sp³-hybridized carbons (Fsp3) is 0.357. The van der Waals surface area contributed by atoms with Gasteiger partial charge in [-0.1, -0.05) is 23.7 Å². The van der Waals surface area contributed by atoms with Gasteiger partial charge in [0.05, 0.1) is 17.5 Å². The van der Waals surface area contributed by atoms with Crippen LogP contribution in [-0.2, 0) is 20.9 Å². The van der Waals surface area contributed by atoms with Crippen LogP contribution >= 0.6 is 11.6 Å². The van der Waals surface area contributed by atoms with Crippen molar-refractivity contribution in [2.24, 2.45) is 0 Å². The number of piperidine rings is 1. The summed E-state index contributed by atoms with van der Waals surface area (Å²) < 4.78 is 32.9. The zero-order chi connectivity index (χ0) is 29.4. The van der Waals surface area contributed by atoms with E-state index in [9.17, 15) is 23.2 Å². The Balaban J connectivity index is 1.45. The molecule has 2 aromatic carbocycles. The van der Waals surface area contributed by atoms with E-state index in [-0.39, 0.29) is 42.4 Å². The molecule has 4 rings (SSSR count). The van der Waals surface area contributed by atoms with Crippen LogP contribution in [0.2, 0.25) is 5.02 Å². The molecular formula is C28H31ClF2N6O4. The Morgan fingerprint density at radius 3 is 2.68 bits per heavy atom. The van der Waals surface area contributed by atoms with Crippen LogP contribution in [0.4, 0.5) is 19.4 Å². The van der Waals surface area contributed by atoms with Gasteiger partial charge in [0.1, 0.15) is 24.1 Å². The average Bonchev–Trinajstić information content (AvgIpc) is 2.94. The molecule has 1 atom stereocenters.